The van der Waals surface area contributed by atoms with E-state index >= 15 is 0 Å². The van der Waals surface area contributed by atoms with Gasteiger partial charge in [0.25, 0.3) is 0 Å². The summed E-state index contributed by atoms with van der Waals surface area (Å²) in [4.78, 5) is 25.7. The van der Waals surface area contributed by atoms with Crippen LogP contribution in [-0.2, 0) is 0 Å². The quantitative estimate of drug-likeness (QED) is 0.218. The molecule has 6 heteroatoms. The van der Waals surface area contributed by atoms with Gasteiger partial charge in [-0.05, 0) is 47.5 Å². The summed E-state index contributed by atoms with van der Waals surface area (Å²) >= 11 is 0. The molecule has 0 atom stereocenters. The highest BCUT2D eigenvalue weighted by Gasteiger charge is 2.09. The highest BCUT2D eigenvalue weighted by Crippen LogP contribution is 2.28. The molecule has 6 nitrogen and oxygen atoms in total. The fraction of sp³-hybridized carbons (Fsp3) is 0. The number of benzene rings is 5. The summed E-state index contributed by atoms with van der Waals surface area (Å²) in [6, 6.07) is 40.4. The molecule has 0 bridgehead atoms. The summed E-state index contributed by atoms with van der Waals surface area (Å²) in [6.45, 7) is 0. The van der Waals surface area contributed by atoms with E-state index < -0.39 is 0 Å². The van der Waals surface area contributed by atoms with Crippen LogP contribution in [0.1, 0.15) is 11.1 Å². The van der Waals surface area contributed by atoms with Crippen LogP contribution in [-0.4, -0.2) is 32.4 Å². The van der Waals surface area contributed by atoms with E-state index in [2.05, 4.69) is 44.2 Å². The first-order chi connectivity index (χ1) is 19.8. The predicted octanol–water partition coefficient (Wildman–Crippen LogP) is 8.27. The van der Waals surface area contributed by atoms with Crippen molar-refractivity contribution < 1.29 is 0 Å². The number of aliphatic imine (C=N–C) groups is 2. The lowest BCUT2D eigenvalue weighted by Crippen LogP contribution is -1.83. The van der Waals surface area contributed by atoms with Crippen molar-refractivity contribution in [3.63, 3.8) is 0 Å². The highest BCUT2D eigenvalue weighted by molar-refractivity contribution is 5.87. The first kappa shape index (κ1) is 23.5. The van der Waals surface area contributed by atoms with E-state index in [1.165, 1.54) is 0 Å². The molecule has 7 rings (SSSR count). The SMILES string of the molecule is C(=Nc1ccc2nc(-c3ccc(-c4nc5ccc(N=Cc6ccccc6)cc5[nH]4)cc3)[nH]c2c1)c1ccccc1. The van der Waals surface area contributed by atoms with Gasteiger partial charge in [0.2, 0.25) is 0 Å². The van der Waals surface area contributed by atoms with Crippen molar-refractivity contribution in [3.8, 4) is 22.8 Å². The monoisotopic (exact) mass is 516 g/mol. The van der Waals surface area contributed by atoms with Gasteiger partial charge in [-0.3, -0.25) is 9.98 Å². The topological polar surface area (TPSA) is 82.1 Å². The molecule has 5 aromatic carbocycles. The van der Waals surface area contributed by atoms with Crippen LogP contribution >= 0.6 is 0 Å². The van der Waals surface area contributed by atoms with Crippen LogP contribution in [0.3, 0.4) is 0 Å². The molecule has 2 aromatic heterocycles. The lowest BCUT2D eigenvalue weighted by molar-refractivity contribution is 1.32. The smallest absolute Gasteiger partial charge is 0.138 e. The third-order valence-electron chi connectivity index (χ3n) is 6.69. The van der Waals surface area contributed by atoms with Gasteiger partial charge in [0.1, 0.15) is 11.6 Å². The van der Waals surface area contributed by atoms with Gasteiger partial charge < -0.3 is 9.97 Å². The van der Waals surface area contributed by atoms with Crippen molar-refractivity contribution in [2.45, 2.75) is 0 Å². The summed E-state index contributed by atoms with van der Waals surface area (Å²) in [6.07, 6.45) is 3.74. The van der Waals surface area contributed by atoms with Gasteiger partial charge in [-0.1, -0.05) is 84.9 Å². The second-order valence-electron chi connectivity index (χ2n) is 9.49. The van der Waals surface area contributed by atoms with Gasteiger partial charge in [-0.25, -0.2) is 9.97 Å². The fourth-order valence-electron chi connectivity index (χ4n) is 4.59. The Morgan fingerprint density at radius 3 is 1.32 bits per heavy atom. The predicted molar refractivity (Wildman–Crippen MR) is 164 cm³/mol. The first-order valence-electron chi connectivity index (χ1n) is 13.1. The molecule has 190 valence electrons. The van der Waals surface area contributed by atoms with Gasteiger partial charge in [-0.15, -0.1) is 0 Å². The standard InChI is InChI=1S/C34H24N6/c1-3-7-23(8-4-1)21-35-27-15-17-29-31(19-27)39-33(37-29)25-11-13-26(14-12-25)34-38-30-18-16-28(20-32(30)40-34)36-22-24-9-5-2-6-10-24/h1-22H,(H,37,39)(H,38,40). The molecule has 0 saturated carbocycles. The maximum atomic E-state index is 4.78. The number of rotatable bonds is 6. The van der Waals surface area contributed by atoms with Gasteiger partial charge >= 0.3 is 0 Å². The van der Waals surface area contributed by atoms with Gasteiger partial charge in [-0.2, -0.15) is 0 Å². The molecule has 0 unspecified atom stereocenters. The molecular formula is C34H24N6. The Morgan fingerprint density at radius 2 is 0.900 bits per heavy atom. The number of hydrogen-bond acceptors (Lipinski definition) is 4. The number of nitrogens with one attached hydrogen (secondary N) is 2. The number of imidazole rings is 2. The fourth-order valence-corrected chi connectivity index (χ4v) is 4.59. The Kier molecular flexibility index (Phi) is 6.03. The Balaban J connectivity index is 1.10. The summed E-state index contributed by atoms with van der Waals surface area (Å²) in [5, 5.41) is 0. The van der Waals surface area contributed by atoms with Gasteiger partial charge in [0, 0.05) is 23.6 Å². The van der Waals surface area contributed by atoms with Crippen molar-refractivity contribution in [1.29, 1.82) is 0 Å². The van der Waals surface area contributed by atoms with Crippen LogP contribution in [0.5, 0.6) is 0 Å². The maximum Gasteiger partial charge on any atom is 0.138 e. The molecule has 0 radical (unpaired) electrons. The Bertz CT molecular complexity index is 1840. The van der Waals surface area contributed by atoms with Crippen molar-refractivity contribution in [1.82, 2.24) is 19.9 Å². The summed E-state index contributed by atoms with van der Waals surface area (Å²) in [7, 11) is 0. The van der Waals surface area contributed by atoms with Crippen LogP contribution in [0.15, 0.2) is 131 Å². The zero-order chi connectivity index (χ0) is 26.7. The average Bonchev–Trinajstić information content (AvgIpc) is 3.64. The van der Waals surface area contributed by atoms with E-state index in [0.29, 0.717) is 0 Å². The Morgan fingerprint density at radius 1 is 0.475 bits per heavy atom. The number of aromatic amines is 2. The molecule has 0 saturated heterocycles. The number of fused-ring (bicyclic) bond motifs is 2. The van der Waals surface area contributed by atoms with Crippen LogP contribution < -0.4 is 0 Å². The third-order valence-corrected chi connectivity index (χ3v) is 6.69. The molecule has 0 amide bonds. The van der Waals surface area contributed by atoms with Crippen molar-refractivity contribution in [2.75, 3.05) is 0 Å². The molecule has 0 aliphatic carbocycles. The van der Waals surface area contributed by atoms with Crippen molar-refractivity contribution in [2.24, 2.45) is 9.98 Å². The third kappa shape index (κ3) is 4.93. The Hall–Kier alpha value is -5.62. The molecule has 40 heavy (non-hydrogen) atoms. The van der Waals surface area contributed by atoms with E-state index in [-0.39, 0.29) is 0 Å². The van der Waals surface area contributed by atoms with Crippen LogP contribution in [0, 0.1) is 0 Å². The molecule has 2 heterocycles. The zero-order valence-corrected chi connectivity index (χ0v) is 21.5. The minimum absolute atomic E-state index is 0.816. The molecular weight excluding hydrogens is 492 g/mol. The van der Waals surface area contributed by atoms with E-state index in [1.54, 1.807) is 0 Å². The molecule has 0 aliphatic rings. The van der Waals surface area contributed by atoms with Crippen molar-refractivity contribution >= 4 is 45.9 Å². The van der Waals surface area contributed by atoms with Crippen LogP contribution in [0.25, 0.3) is 44.8 Å². The summed E-state index contributed by atoms with van der Waals surface area (Å²) < 4.78 is 0. The largest absolute Gasteiger partial charge is 0.338 e. The van der Waals surface area contributed by atoms with E-state index in [1.807, 2.05) is 109 Å². The number of H-pyrrole nitrogens is 2. The van der Waals surface area contributed by atoms with E-state index in [4.69, 9.17) is 9.97 Å². The first-order valence-corrected chi connectivity index (χ1v) is 13.1. The average molecular weight is 517 g/mol. The minimum Gasteiger partial charge on any atom is -0.338 e. The number of hydrogen-bond donors (Lipinski definition) is 2. The maximum absolute atomic E-state index is 4.78. The van der Waals surface area contributed by atoms with Crippen LogP contribution in [0.2, 0.25) is 0 Å². The summed E-state index contributed by atoms with van der Waals surface area (Å²) in [5.41, 5.74) is 9.59. The zero-order valence-electron chi connectivity index (χ0n) is 21.5. The second kappa shape index (κ2) is 10.3. The lowest BCUT2D eigenvalue weighted by Gasteiger charge is -1.99. The molecule has 0 fully saturated rings. The lowest BCUT2D eigenvalue weighted by atomic mass is 10.1. The normalized spacial score (nSPS) is 11.8. The van der Waals surface area contributed by atoms with Gasteiger partial charge in [0.05, 0.1) is 33.4 Å². The molecule has 2 N–H and O–H groups in total. The summed E-state index contributed by atoms with van der Waals surface area (Å²) in [5.74, 6) is 1.63. The van der Waals surface area contributed by atoms with Crippen LogP contribution in [0.4, 0.5) is 11.4 Å². The van der Waals surface area contributed by atoms with E-state index in [0.717, 1.165) is 67.3 Å². The van der Waals surface area contributed by atoms with E-state index in [9.17, 15) is 0 Å². The second-order valence-corrected chi connectivity index (χ2v) is 9.49. The molecule has 0 aliphatic heterocycles. The minimum atomic E-state index is 0.816. The Labute approximate surface area is 230 Å². The number of nitrogens with zero attached hydrogens (tertiary/aromatic N) is 4. The molecule has 0 spiro atoms. The van der Waals surface area contributed by atoms with Crippen molar-refractivity contribution in [3.05, 3.63) is 132 Å². The number of aromatic nitrogens is 4. The highest BCUT2D eigenvalue weighted by atomic mass is 14.9. The van der Waals surface area contributed by atoms with Gasteiger partial charge in [0.15, 0.2) is 0 Å². The molecule has 7 aromatic rings.